The molecule has 0 unspecified atom stereocenters. The van der Waals surface area contributed by atoms with Crippen molar-refractivity contribution in [3.8, 4) is 22.8 Å². The highest BCUT2D eigenvalue weighted by Crippen LogP contribution is 2.24. The van der Waals surface area contributed by atoms with Gasteiger partial charge in [-0.1, -0.05) is 41.6 Å². The summed E-state index contributed by atoms with van der Waals surface area (Å²) in [5.41, 5.74) is 3.61. The zero-order chi connectivity index (χ0) is 17.1. The van der Waals surface area contributed by atoms with Gasteiger partial charge < -0.3 is 10.6 Å². The molecule has 124 valence electrons. The summed E-state index contributed by atoms with van der Waals surface area (Å²) in [5.74, 6) is 6.20. The second-order valence-corrected chi connectivity index (χ2v) is 6.02. The lowest BCUT2D eigenvalue weighted by molar-refractivity contribution is -0.137. The number of rotatable bonds is 5. The van der Waals surface area contributed by atoms with Gasteiger partial charge in [0, 0.05) is 5.56 Å². The minimum atomic E-state index is -0.354. The third-order valence-corrected chi connectivity index (χ3v) is 4.29. The molecule has 8 nitrogen and oxygen atoms in total. The number of hydrogen-bond donors (Lipinski definition) is 2. The quantitative estimate of drug-likeness (QED) is 0.411. The van der Waals surface area contributed by atoms with Crippen LogP contribution in [-0.4, -0.2) is 43.9 Å². The minimum Gasteiger partial charge on any atom is -0.468 e. The number of aryl methyl sites for hydroxylation is 1. The molecule has 3 N–H and O–H groups in total. The number of nitrogen functional groups attached to an aromatic ring is 1. The molecule has 0 bridgehead atoms. The fraction of sp³-hybridized carbons (Fsp3) is 0.200. The summed E-state index contributed by atoms with van der Waals surface area (Å²) in [4.78, 5) is 11.2. The highest BCUT2D eigenvalue weighted by atomic mass is 32.2. The Morgan fingerprint density at radius 1 is 1.33 bits per heavy atom. The number of nitrogens with one attached hydrogen (secondary N) is 1. The van der Waals surface area contributed by atoms with Crippen LogP contribution in [0.3, 0.4) is 0 Å². The van der Waals surface area contributed by atoms with Crippen LogP contribution in [-0.2, 0) is 9.53 Å². The topological polar surface area (TPSA) is 112 Å². The zero-order valence-electron chi connectivity index (χ0n) is 13.2. The molecular formula is C15H16N6O2S. The van der Waals surface area contributed by atoms with Crippen molar-refractivity contribution < 1.29 is 9.53 Å². The highest BCUT2D eigenvalue weighted by molar-refractivity contribution is 7.99. The molecule has 0 aliphatic carbocycles. The molecule has 24 heavy (non-hydrogen) atoms. The van der Waals surface area contributed by atoms with Crippen LogP contribution in [0.25, 0.3) is 22.8 Å². The fourth-order valence-corrected chi connectivity index (χ4v) is 2.74. The Kier molecular flexibility index (Phi) is 4.52. The lowest BCUT2D eigenvalue weighted by Gasteiger charge is -2.01. The zero-order valence-corrected chi connectivity index (χ0v) is 14.0. The minimum absolute atomic E-state index is 0.115. The number of ether oxygens (including phenoxy) is 1. The van der Waals surface area contributed by atoms with Crippen LogP contribution in [0.2, 0.25) is 0 Å². The smallest absolute Gasteiger partial charge is 0.316 e. The van der Waals surface area contributed by atoms with E-state index >= 15 is 0 Å². The first kappa shape index (κ1) is 16.1. The summed E-state index contributed by atoms with van der Waals surface area (Å²) in [6, 6.07) is 9.90. The molecule has 2 heterocycles. The van der Waals surface area contributed by atoms with E-state index in [2.05, 4.69) is 25.1 Å². The van der Waals surface area contributed by atoms with E-state index in [-0.39, 0.29) is 11.7 Å². The Labute approximate surface area is 142 Å². The number of benzene rings is 1. The molecule has 0 radical (unpaired) electrons. The maximum atomic E-state index is 11.2. The van der Waals surface area contributed by atoms with E-state index in [9.17, 15) is 4.79 Å². The van der Waals surface area contributed by atoms with Gasteiger partial charge in [0.05, 0.1) is 18.6 Å². The van der Waals surface area contributed by atoms with Crippen molar-refractivity contribution in [2.75, 3.05) is 18.7 Å². The van der Waals surface area contributed by atoms with Gasteiger partial charge in [0.2, 0.25) is 11.0 Å². The molecule has 0 atom stereocenters. The summed E-state index contributed by atoms with van der Waals surface area (Å²) < 4.78 is 5.91. The standard InChI is InChI=1S/C15H16N6O2S/c1-9-3-5-10(6-4-9)11-7-12(18-17-11)14-19-20-15(21(14)16)24-8-13(22)23-2/h3-7H,8,16H2,1-2H3,(H,17,18). The Bertz CT molecular complexity index is 855. The molecule has 0 aliphatic heterocycles. The molecule has 0 amide bonds. The average molecular weight is 344 g/mol. The number of carbonyl (C=O) groups excluding carboxylic acids is 1. The van der Waals surface area contributed by atoms with Gasteiger partial charge in [-0.05, 0) is 13.0 Å². The predicted octanol–water partition coefficient (Wildman–Crippen LogP) is 1.62. The molecule has 0 saturated carbocycles. The van der Waals surface area contributed by atoms with Crippen LogP contribution in [0.4, 0.5) is 0 Å². The molecule has 3 rings (SSSR count). The second-order valence-electron chi connectivity index (χ2n) is 5.07. The van der Waals surface area contributed by atoms with Gasteiger partial charge in [0.15, 0.2) is 0 Å². The molecule has 0 saturated heterocycles. The summed E-state index contributed by atoms with van der Waals surface area (Å²) >= 11 is 1.16. The van der Waals surface area contributed by atoms with Crippen molar-refractivity contribution in [3.63, 3.8) is 0 Å². The molecule has 3 aromatic rings. The molecule has 0 fully saturated rings. The molecule has 0 aliphatic rings. The first-order valence-corrected chi connectivity index (χ1v) is 8.10. The van der Waals surface area contributed by atoms with E-state index < -0.39 is 0 Å². The Balaban J connectivity index is 1.81. The van der Waals surface area contributed by atoms with Gasteiger partial charge >= 0.3 is 5.97 Å². The number of H-pyrrole nitrogens is 1. The van der Waals surface area contributed by atoms with Gasteiger partial charge in [-0.3, -0.25) is 9.89 Å². The summed E-state index contributed by atoms with van der Waals surface area (Å²) in [6.07, 6.45) is 0. The highest BCUT2D eigenvalue weighted by Gasteiger charge is 2.16. The number of methoxy groups -OCH3 is 1. The lowest BCUT2D eigenvalue weighted by atomic mass is 10.1. The van der Waals surface area contributed by atoms with Crippen molar-refractivity contribution in [2.24, 2.45) is 0 Å². The van der Waals surface area contributed by atoms with Crippen LogP contribution in [0.5, 0.6) is 0 Å². The van der Waals surface area contributed by atoms with E-state index in [1.165, 1.54) is 17.3 Å². The Hall–Kier alpha value is -2.81. The van der Waals surface area contributed by atoms with Crippen molar-refractivity contribution in [3.05, 3.63) is 35.9 Å². The van der Waals surface area contributed by atoms with Crippen LogP contribution in [0.1, 0.15) is 5.56 Å². The van der Waals surface area contributed by atoms with Crippen LogP contribution in [0, 0.1) is 6.92 Å². The Morgan fingerprint density at radius 2 is 2.08 bits per heavy atom. The first-order chi connectivity index (χ1) is 11.6. The number of aromatic amines is 1. The van der Waals surface area contributed by atoms with Crippen LogP contribution >= 0.6 is 11.8 Å². The molecule has 9 heteroatoms. The first-order valence-electron chi connectivity index (χ1n) is 7.11. The van der Waals surface area contributed by atoms with E-state index in [0.29, 0.717) is 16.7 Å². The van der Waals surface area contributed by atoms with Gasteiger partial charge in [0.1, 0.15) is 5.69 Å². The molecular weight excluding hydrogens is 328 g/mol. The Morgan fingerprint density at radius 3 is 2.79 bits per heavy atom. The fourth-order valence-electron chi connectivity index (χ4n) is 2.05. The summed E-state index contributed by atoms with van der Waals surface area (Å²) in [5, 5.41) is 15.7. The van der Waals surface area contributed by atoms with Gasteiger partial charge in [-0.2, -0.15) is 5.10 Å². The van der Waals surface area contributed by atoms with Gasteiger partial charge in [0.25, 0.3) is 0 Å². The maximum Gasteiger partial charge on any atom is 0.316 e. The maximum absolute atomic E-state index is 11.2. The van der Waals surface area contributed by atoms with E-state index in [1.807, 2.05) is 37.3 Å². The third kappa shape index (κ3) is 3.25. The molecule has 0 spiro atoms. The number of hydrogen-bond acceptors (Lipinski definition) is 7. The number of thioether (sulfide) groups is 1. The SMILES string of the molecule is COC(=O)CSc1nnc(-c2cc(-c3ccc(C)cc3)n[nH]2)n1N. The van der Waals surface area contributed by atoms with Crippen molar-refractivity contribution in [1.82, 2.24) is 25.1 Å². The van der Waals surface area contributed by atoms with E-state index in [1.54, 1.807) is 0 Å². The molecule has 2 aromatic heterocycles. The second kappa shape index (κ2) is 6.75. The lowest BCUT2D eigenvalue weighted by Crippen LogP contribution is -2.13. The monoisotopic (exact) mass is 344 g/mol. The van der Waals surface area contributed by atoms with E-state index in [4.69, 9.17) is 5.84 Å². The van der Waals surface area contributed by atoms with Crippen molar-refractivity contribution in [1.29, 1.82) is 0 Å². The number of nitrogens with zero attached hydrogens (tertiary/aromatic N) is 4. The largest absolute Gasteiger partial charge is 0.468 e. The summed E-state index contributed by atoms with van der Waals surface area (Å²) in [7, 11) is 1.33. The van der Waals surface area contributed by atoms with E-state index in [0.717, 1.165) is 23.0 Å². The predicted molar refractivity (Wildman–Crippen MR) is 90.7 cm³/mol. The van der Waals surface area contributed by atoms with Crippen molar-refractivity contribution in [2.45, 2.75) is 12.1 Å². The average Bonchev–Trinajstić information content (AvgIpc) is 3.20. The van der Waals surface area contributed by atoms with Gasteiger partial charge in [-0.15, -0.1) is 10.2 Å². The van der Waals surface area contributed by atoms with Gasteiger partial charge in [-0.25, -0.2) is 4.68 Å². The number of aromatic nitrogens is 5. The van der Waals surface area contributed by atoms with Crippen LogP contribution in [0.15, 0.2) is 35.5 Å². The number of carbonyl (C=O) groups is 1. The van der Waals surface area contributed by atoms with Crippen molar-refractivity contribution >= 4 is 17.7 Å². The number of nitrogens with two attached hydrogens (primary N) is 1. The normalized spacial score (nSPS) is 10.8. The van der Waals surface area contributed by atoms with Crippen LogP contribution < -0.4 is 5.84 Å². The number of esters is 1. The molecule has 1 aromatic carbocycles. The summed E-state index contributed by atoms with van der Waals surface area (Å²) in [6.45, 7) is 2.03. The third-order valence-electron chi connectivity index (χ3n) is 3.38.